The molecule has 2 saturated heterocycles. The number of benzene rings is 2. The van der Waals surface area contributed by atoms with Crippen LogP contribution in [0.5, 0.6) is 5.75 Å². The summed E-state index contributed by atoms with van der Waals surface area (Å²) in [6, 6.07) is 10.5. The maximum absolute atomic E-state index is 14.6. The van der Waals surface area contributed by atoms with E-state index in [1.165, 1.54) is 17.0 Å². The highest BCUT2D eigenvalue weighted by atomic mass is 16.6. The van der Waals surface area contributed by atoms with Gasteiger partial charge in [-0.25, -0.2) is 10.2 Å². The van der Waals surface area contributed by atoms with Gasteiger partial charge in [0.15, 0.2) is 0 Å². The number of fused-ring (bicyclic) bond motifs is 6. The van der Waals surface area contributed by atoms with Crippen molar-refractivity contribution in [3.63, 3.8) is 0 Å². The number of nitrogens with zero attached hydrogens (tertiary/aromatic N) is 4. The molecule has 3 amide bonds. The van der Waals surface area contributed by atoms with Crippen LogP contribution in [0.15, 0.2) is 54.9 Å². The molecule has 332 valence electrons. The number of aryl methyl sites for hydroxylation is 1. The van der Waals surface area contributed by atoms with Crippen LogP contribution in [0.2, 0.25) is 0 Å². The van der Waals surface area contributed by atoms with E-state index in [1.807, 2.05) is 38.2 Å². The summed E-state index contributed by atoms with van der Waals surface area (Å²) in [5, 5.41) is 16.6. The highest BCUT2D eigenvalue weighted by molar-refractivity contribution is 5.96. The van der Waals surface area contributed by atoms with Gasteiger partial charge < -0.3 is 33.9 Å². The summed E-state index contributed by atoms with van der Waals surface area (Å²) < 4.78 is 25.0. The number of esters is 1. The lowest BCUT2D eigenvalue weighted by molar-refractivity contribution is -0.155. The van der Waals surface area contributed by atoms with Gasteiger partial charge in [0.2, 0.25) is 5.91 Å². The summed E-state index contributed by atoms with van der Waals surface area (Å²) >= 11 is 0. The molecular formula is C47H60N6O9. The Kier molecular flexibility index (Phi) is 13.5. The lowest BCUT2D eigenvalue weighted by Crippen LogP contribution is -2.62. The minimum Gasteiger partial charge on any atom is -0.508 e. The van der Waals surface area contributed by atoms with E-state index in [0.29, 0.717) is 57.6 Å². The number of likely N-dealkylation sites (N-methyl/N-ethyl adjacent to an activating group) is 1. The molecule has 2 fully saturated rings. The molecule has 2 aromatic heterocycles. The lowest BCUT2D eigenvalue weighted by Gasteiger charge is -2.36. The molecule has 0 aliphatic carbocycles. The molecule has 5 heterocycles. The van der Waals surface area contributed by atoms with Crippen molar-refractivity contribution in [1.82, 2.24) is 30.2 Å². The Balaban J connectivity index is 1.32. The van der Waals surface area contributed by atoms with Crippen LogP contribution in [0.25, 0.3) is 33.3 Å². The number of aromatic hydroxyl groups is 1. The van der Waals surface area contributed by atoms with Crippen molar-refractivity contribution in [2.24, 2.45) is 11.3 Å². The molecule has 15 nitrogen and oxygen atoms in total. The second-order valence-corrected chi connectivity index (χ2v) is 17.9. The third kappa shape index (κ3) is 9.59. The first kappa shape index (κ1) is 44.5. The first-order valence-electron chi connectivity index (χ1n) is 21.6. The molecule has 4 atom stereocenters. The second-order valence-electron chi connectivity index (χ2n) is 17.9. The van der Waals surface area contributed by atoms with E-state index in [9.17, 15) is 24.3 Å². The average molecular weight is 853 g/mol. The van der Waals surface area contributed by atoms with E-state index in [-0.39, 0.29) is 31.2 Å². The maximum Gasteiger partial charge on any atom is 0.410 e. The molecule has 2 aromatic carbocycles. The number of phenolic OH excluding ortho intramolecular Hbond substituents is 1. The fraction of sp³-hybridized carbons (Fsp3) is 0.511. The minimum absolute atomic E-state index is 0.00101. The fourth-order valence-electron chi connectivity index (χ4n) is 9.06. The van der Waals surface area contributed by atoms with Crippen LogP contribution in [0, 0.1) is 11.3 Å². The molecule has 6 bridgehead atoms. The number of methoxy groups -OCH3 is 1. The standard InChI is InChI=1S/C47H60N6O9/c1-8-52-40-12-11-30-22-35(40)36(42(52)37-24-48-15-13-31(37)25-59-7)23-47(4,5)27-61-45(57)38-10-9-16-53(50-38)44(56)39(20-29-18-32(30)21-33(54)19-29)49-43(55)41(28(2)3)51(6)46(58)62-34-14-17-60-26-34/h11-13,15,18-19,21-22,24,28,34,38-39,41,50,54H,8-10,14,16-17,20,23,25-27H2,1-7H3,(H,49,55)/t34-,38+,39+,41?/m1/s1. The third-order valence-corrected chi connectivity index (χ3v) is 12.1. The summed E-state index contributed by atoms with van der Waals surface area (Å²) in [5.41, 5.74) is 9.77. The van der Waals surface area contributed by atoms with E-state index >= 15 is 0 Å². The molecule has 0 spiro atoms. The largest absolute Gasteiger partial charge is 0.508 e. The number of cyclic esters (lactones) is 1. The van der Waals surface area contributed by atoms with Crippen LogP contribution in [-0.4, -0.2) is 113 Å². The fourth-order valence-corrected chi connectivity index (χ4v) is 9.06. The molecule has 0 radical (unpaired) electrons. The van der Waals surface area contributed by atoms with Crippen molar-refractivity contribution in [2.45, 2.75) is 104 Å². The number of pyridine rings is 1. The Labute approximate surface area is 363 Å². The zero-order chi connectivity index (χ0) is 44.3. The van der Waals surface area contributed by atoms with Gasteiger partial charge in [0, 0.05) is 74.4 Å². The number of nitrogens with one attached hydrogen (secondary N) is 2. The highest BCUT2D eigenvalue weighted by Gasteiger charge is 2.38. The van der Waals surface area contributed by atoms with Gasteiger partial charge in [-0.3, -0.25) is 29.3 Å². The molecule has 62 heavy (non-hydrogen) atoms. The Morgan fingerprint density at radius 2 is 1.92 bits per heavy atom. The molecule has 3 aliphatic heterocycles. The minimum atomic E-state index is -1.15. The van der Waals surface area contributed by atoms with Gasteiger partial charge in [-0.1, -0.05) is 39.8 Å². The Bertz CT molecular complexity index is 2300. The lowest BCUT2D eigenvalue weighted by atomic mass is 9.84. The van der Waals surface area contributed by atoms with Crippen LogP contribution in [-0.2, 0) is 59.3 Å². The van der Waals surface area contributed by atoms with Crippen LogP contribution < -0.4 is 10.7 Å². The molecule has 3 aliphatic rings. The van der Waals surface area contributed by atoms with Gasteiger partial charge in [-0.05, 0) is 90.3 Å². The Morgan fingerprint density at radius 3 is 2.65 bits per heavy atom. The second kappa shape index (κ2) is 18.9. The monoisotopic (exact) mass is 852 g/mol. The summed E-state index contributed by atoms with van der Waals surface area (Å²) in [6.45, 7) is 12.1. The molecule has 1 unspecified atom stereocenters. The van der Waals surface area contributed by atoms with Crippen molar-refractivity contribution >= 4 is 34.8 Å². The number of rotatable bonds is 9. The van der Waals surface area contributed by atoms with Gasteiger partial charge >= 0.3 is 12.1 Å². The maximum atomic E-state index is 14.6. The van der Waals surface area contributed by atoms with Gasteiger partial charge in [0.1, 0.15) is 30.0 Å². The molecule has 3 N–H and O–H groups in total. The number of aromatic nitrogens is 2. The summed E-state index contributed by atoms with van der Waals surface area (Å²) in [6.07, 6.45) is 4.66. The van der Waals surface area contributed by atoms with Crippen LogP contribution in [0.4, 0.5) is 4.79 Å². The highest BCUT2D eigenvalue weighted by Crippen LogP contribution is 2.41. The normalized spacial score (nSPS) is 21.0. The quantitative estimate of drug-likeness (QED) is 0.175. The third-order valence-electron chi connectivity index (χ3n) is 12.1. The van der Waals surface area contributed by atoms with E-state index in [4.69, 9.17) is 18.9 Å². The van der Waals surface area contributed by atoms with Crippen molar-refractivity contribution < 1.29 is 43.2 Å². The SMILES string of the molecule is CCn1c(-c2cnccc2COC)c2c3cc(ccc31)-c1cc(O)cc(c1)C[C@H](NC(=O)C(C(C)C)N(C)C(=O)O[C@@H]1CCOC1)C(=O)N1CCC[C@H](N1)C(=O)OCC(C)(C)C2. The predicted molar refractivity (Wildman–Crippen MR) is 233 cm³/mol. The van der Waals surface area contributed by atoms with Crippen molar-refractivity contribution in [1.29, 1.82) is 0 Å². The molecule has 0 saturated carbocycles. The molecular weight excluding hydrogens is 793 g/mol. The number of hydrogen-bond acceptors (Lipinski definition) is 11. The number of hydrazine groups is 1. The predicted octanol–water partition coefficient (Wildman–Crippen LogP) is 5.77. The number of carbonyl (C=O) groups excluding carboxylic acids is 4. The number of carbonyl (C=O) groups is 4. The average Bonchev–Trinajstić information content (AvgIpc) is 3.87. The van der Waals surface area contributed by atoms with Crippen molar-refractivity contribution in [3.05, 3.63) is 71.5 Å². The first-order chi connectivity index (χ1) is 29.7. The van der Waals surface area contributed by atoms with Crippen LogP contribution >= 0.6 is 0 Å². The van der Waals surface area contributed by atoms with Crippen LogP contribution in [0.3, 0.4) is 0 Å². The van der Waals surface area contributed by atoms with Gasteiger partial charge in [0.05, 0.1) is 32.1 Å². The Morgan fingerprint density at radius 1 is 1.11 bits per heavy atom. The van der Waals surface area contributed by atoms with Gasteiger partial charge in [0.25, 0.3) is 5.91 Å². The zero-order valence-corrected chi connectivity index (χ0v) is 36.9. The summed E-state index contributed by atoms with van der Waals surface area (Å²) in [4.78, 5) is 61.8. The Hall–Kier alpha value is -5.51. The molecule has 4 aromatic rings. The summed E-state index contributed by atoms with van der Waals surface area (Å²) in [7, 11) is 3.18. The van der Waals surface area contributed by atoms with Crippen LogP contribution in [0.1, 0.15) is 70.6 Å². The van der Waals surface area contributed by atoms with E-state index in [1.54, 1.807) is 25.4 Å². The van der Waals surface area contributed by atoms with E-state index < -0.39 is 53.5 Å². The molecule has 7 rings (SSSR count). The summed E-state index contributed by atoms with van der Waals surface area (Å²) in [5.74, 6) is -1.85. The number of amides is 3. The topological polar surface area (TPSA) is 174 Å². The zero-order valence-electron chi connectivity index (χ0n) is 36.9. The van der Waals surface area contributed by atoms with E-state index in [0.717, 1.165) is 44.4 Å². The van der Waals surface area contributed by atoms with E-state index in [2.05, 4.69) is 53.2 Å². The number of hydrogen-bond donors (Lipinski definition) is 3. The van der Waals surface area contributed by atoms with Crippen molar-refractivity contribution in [3.8, 4) is 28.1 Å². The number of phenols is 1. The first-order valence-corrected chi connectivity index (χ1v) is 21.6. The molecule has 15 heteroatoms. The number of ether oxygens (including phenoxy) is 4. The smallest absolute Gasteiger partial charge is 0.410 e. The van der Waals surface area contributed by atoms with Crippen molar-refractivity contribution in [2.75, 3.05) is 40.5 Å². The van der Waals surface area contributed by atoms with Gasteiger partial charge in [-0.15, -0.1) is 0 Å². The van der Waals surface area contributed by atoms with Gasteiger partial charge in [-0.2, -0.15) is 0 Å².